The molecule has 0 radical (unpaired) electrons. The summed E-state index contributed by atoms with van der Waals surface area (Å²) in [6.07, 6.45) is 7.33. The third kappa shape index (κ3) is 2.86. The Morgan fingerprint density at radius 2 is 2.19 bits per heavy atom. The second-order valence-corrected chi connectivity index (χ2v) is 5.09. The molecule has 0 aliphatic rings. The average Bonchev–Trinajstić information content (AvgIpc) is 2.56. The maximum atomic E-state index is 5.23. The summed E-state index contributed by atoms with van der Waals surface area (Å²) in [4.78, 5) is 0. The number of rotatable bonds is 3. The van der Waals surface area contributed by atoms with Gasteiger partial charge in [-0.05, 0) is 34.6 Å². The minimum atomic E-state index is 0.0227. The average molecular weight is 219 g/mol. The normalized spacial score (nSPS) is 13.5. The fourth-order valence-electron chi connectivity index (χ4n) is 1.56. The number of aromatic nitrogens is 2. The van der Waals surface area contributed by atoms with Crippen LogP contribution in [0.15, 0.2) is 6.20 Å². The largest absolute Gasteiger partial charge is 0.299 e. The van der Waals surface area contributed by atoms with Gasteiger partial charge in [-0.2, -0.15) is 5.10 Å². The van der Waals surface area contributed by atoms with Crippen molar-refractivity contribution in [3.63, 3.8) is 0 Å². The van der Waals surface area contributed by atoms with Crippen LogP contribution < -0.4 is 5.32 Å². The lowest BCUT2D eigenvalue weighted by molar-refractivity contribution is 0.353. The molecule has 0 saturated heterocycles. The number of nitrogens with one attached hydrogen (secondary N) is 1. The van der Waals surface area contributed by atoms with Gasteiger partial charge in [0.15, 0.2) is 0 Å². The topological polar surface area (TPSA) is 29.9 Å². The SMILES string of the molecule is C#CCNC(C)c1cn(C(C)(C)C)nc1C. The summed E-state index contributed by atoms with van der Waals surface area (Å²) >= 11 is 0. The smallest absolute Gasteiger partial charge is 0.0641 e. The van der Waals surface area contributed by atoms with Gasteiger partial charge in [0.05, 0.1) is 17.8 Å². The maximum absolute atomic E-state index is 5.23. The fourth-order valence-corrected chi connectivity index (χ4v) is 1.56. The number of aryl methyl sites for hydroxylation is 1. The highest BCUT2D eigenvalue weighted by molar-refractivity contribution is 5.20. The molecule has 0 fully saturated rings. The molecule has 1 N–H and O–H groups in total. The standard InChI is InChI=1S/C13H21N3/c1-7-8-14-10(2)12-9-16(13(4,5)6)15-11(12)3/h1,9-10,14H,8H2,2-6H3. The van der Waals surface area contributed by atoms with Gasteiger partial charge in [0, 0.05) is 17.8 Å². The molecule has 88 valence electrons. The molecule has 1 aromatic rings. The number of hydrogen-bond acceptors (Lipinski definition) is 2. The van der Waals surface area contributed by atoms with Crippen LogP contribution in [0.2, 0.25) is 0 Å². The number of terminal acetylenes is 1. The van der Waals surface area contributed by atoms with Crippen molar-refractivity contribution >= 4 is 0 Å². The van der Waals surface area contributed by atoms with E-state index < -0.39 is 0 Å². The van der Waals surface area contributed by atoms with Gasteiger partial charge < -0.3 is 0 Å². The Kier molecular flexibility index (Phi) is 3.77. The van der Waals surface area contributed by atoms with Crippen molar-refractivity contribution in [1.82, 2.24) is 15.1 Å². The van der Waals surface area contributed by atoms with Crippen molar-refractivity contribution in [2.75, 3.05) is 6.54 Å². The van der Waals surface area contributed by atoms with Gasteiger partial charge in [-0.25, -0.2) is 0 Å². The van der Waals surface area contributed by atoms with Gasteiger partial charge in [-0.1, -0.05) is 5.92 Å². The van der Waals surface area contributed by atoms with Crippen LogP contribution in [0.4, 0.5) is 0 Å². The van der Waals surface area contributed by atoms with E-state index in [-0.39, 0.29) is 11.6 Å². The summed E-state index contributed by atoms with van der Waals surface area (Å²) in [6.45, 7) is 11.1. The van der Waals surface area contributed by atoms with E-state index in [1.54, 1.807) is 0 Å². The molecule has 1 aromatic heterocycles. The summed E-state index contributed by atoms with van der Waals surface area (Å²) in [5, 5.41) is 7.80. The third-order valence-corrected chi connectivity index (χ3v) is 2.60. The zero-order valence-corrected chi connectivity index (χ0v) is 10.8. The van der Waals surface area contributed by atoms with Crippen LogP contribution in [0.3, 0.4) is 0 Å². The first-order chi connectivity index (χ1) is 7.36. The minimum absolute atomic E-state index is 0.0227. The van der Waals surface area contributed by atoms with Gasteiger partial charge in [0.1, 0.15) is 0 Å². The van der Waals surface area contributed by atoms with Gasteiger partial charge in [0.25, 0.3) is 0 Å². The lowest BCUT2D eigenvalue weighted by Crippen LogP contribution is -2.22. The quantitative estimate of drug-likeness (QED) is 0.790. The third-order valence-electron chi connectivity index (χ3n) is 2.60. The molecule has 0 aliphatic carbocycles. The summed E-state index contributed by atoms with van der Waals surface area (Å²) < 4.78 is 2.01. The van der Waals surface area contributed by atoms with Gasteiger partial charge in [-0.15, -0.1) is 6.42 Å². The predicted octanol–water partition coefficient (Wildman–Crippen LogP) is 2.23. The summed E-state index contributed by atoms with van der Waals surface area (Å²) in [7, 11) is 0. The molecule has 0 aliphatic heterocycles. The van der Waals surface area contributed by atoms with E-state index >= 15 is 0 Å². The molecular formula is C13H21N3. The first-order valence-electron chi connectivity index (χ1n) is 5.59. The Morgan fingerprint density at radius 1 is 1.56 bits per heavy atom. The molecule has 1 unspecified atom stereocenters. The highest BCUT2D eigenvalue weighted by Crippen LogP contribution is 2.20. The zero-order chi connectivity index (χ0) is 12.3. The Labute approximate surface area is 98.2 Å². The molecule has 3 nitrogen and oxygen atoms in total. The monoisotopic (exact) mass is 219 g/mol. The van der Waals surface area contributed by atoms with Crippen LogP contribution in [-0.2, 0) is 5.54 Å². The van der Waals surface area contributed by atoms with E-state index in [4.69, 9.17) is 6.42 Å². The number of nitrogens with zero attached hydrogens (tertiary/aromatic N) is 2. The van der Waals surface area contributed by atoms with Crippen LogP contribution in [0.5, 0.6) is 0 Å². The van der Waals surface area contributed by atoms with Crippen molar-refractivity contribution in [1.29, 1.82) is 0 Å². The summed E-state index contributed by atoms with van der Waals surface area (Å²) in [6, 6.07) is 0.243. The van der Waals surface area contributed by atoms with E-state index in [0.717, 1.165) is 5.69 Å². The van der Waals surface area contributed by atoms with Crippen molar-refractivity contribution in [2.45, 2.75) is 46.2 Å². The van der Waals surface area contributed by atoms with Crippen LogP contribution in [-0.4, -0.2) is 16.3 Å². The molecule has 1 rings (SSSR count). The van der Waals surface area contributed by atoms with Crippen LogP contribution in [0.25, 0.3) is 0 Å². The second-order valence-electron chi connectivity index (χ2n) is 5.09. The Bertz CT molecular complexity index is 390. The summed E-state index contributed by atoms with van der Waals surface area (Å²) in [5.74, 6) is 2.59. The molecule has 16 heavy (non-hydrogen) atoms. The van der Waals surface area contributed by atoms with Crippen molar-refractivity contribution < 1.29 is 0 Å². The van der Waals surface area contributed by atoms with Gasteiger partial charge in [0.2, 0.25) is 0 Å². The van der Waals surface area contributed by atoms with Crippen molar-refractivity contribution in [3.05, 3.63) is 17.5 Å². The van der Waals surface area contributed by atoms with E-state index in [1.807, 2.05) is 11.6 Å². The molecule has 3 heteroatoms. The van der Waals surface area contributed by atoms with Gasteiger partial charge >= 0.3 is 0 Å². The Hall–Kier alpha value is -1.27. The van der Waals surface area contributed by atoms with E-state index in [0.29, 0.717) is 6.54 Å². The molecule has 0 spiro atoms. The number of hydrogen-bond donors (Lipinski definition) is 1. The van der Waals surface area contributed by atoms with Crippen LogP contribution >= 0.6 is 0 Å². The molecule has 1 atom stereocenters. The minimum Gasteiger partial charge on any atom is -0.299 e. The Balaban J connectivity index is 2.90. The first-order valence-corrected chi connectivity index (χ1v) is 5.59. The predicted molar refractivity (Wildman–Crippen MR) is 67.2 cm³/mol. The lowest BCUT2D eigenvalue weighted by Gasteiger charge is -2.19. The van der Waals surface area contributed by atoms with Crippen molar-refractivity contribution in [3.8, 4) is 12.3 Å². The first kappa shape index (κ1) is 12.8. The molecule has 1 heterocycles. The second kappa shape index (κ2) is 4.71. The van der Waals surface area contributed by atoms with Crippen LogP contribution in [0, 0.1) is 19.3 Å². The highest BCUT2D eigenvalue weighted by Gasteiger charge is 2.18. The molecule has 0 saturated carbocycles. The van der Waals surface area contributed by atoms with E-state index in [2.05, 4.69) is 50.2 Å². The fraction of sp³-hybridized carbons (Fsp3) is 0.615. The molecule has 0 aromatic carbocycles. The molecule has 0 bridgehead atoms. The van der Waals surface area contributed by atoms with E-state index in [1.165, 1.54) is 5.56 Å². The zero-order valence-electron chi connectivity index (χ0n) is 10.8. The highest BCUT2D eigenvalue weighted by atomic mass is 15.3. The lowest BCUT2D eigenvalue weighted by atomic mass is 10.1. The van der Waals surface area contributed by atoms with Crippen molar-refractivity contribution in [2.24, 2.45) is 0 Å². The molecular weight excluding hydrogens is 198 g/mol. The van der Waals surface area contributed by atoms with Crippen LogP contribution in [0.1, 0.15) is 45.0 Å². The molecule has 0 amide bonds. The van der Waals surface area contributed by atoms with E-state index in [9.17, 15) is 0 Å². The maximum Gasteiger partial charge on any atom is 0.0641 e. The van der Waals surface area contributed by atoms with Gasteiger partial charge in [-0.3, -0.25) is 10.00 Å². The Morgan fingerprint density at radius 3 is 2.62 bits per heavy atom. The summed E-state index contributed by atoms with van der Waals surface area (Å²) in [5.41, 5.74) is 2.30.